The van der Waals surface area contributed by atoms with Crippen molar-refractivity contribution in [2.45, 2.75) is 26.4 Å². The number of aryl methyl sites for hydroxylation is 1. The van der Waals surface area contributed by atoms with Gasteiger partial charge in [-0.05, 0) is 78.0 Å². The molecular formula is C30H31N3O5S. The fourth-order valence-corrected chi connectivity index (χ4v) is 4.90. The van der Waals surface area contributed by atoms with E-state index in [9.17, 15) is 4.79 Å². The third-order valence-electron chi connectivity index (χ3n) is 6.76. The third-order valence-corrected chi connectivity index (χ3v) is 7.16. The molecule has 9 heteroatoms. The molecule has 0 amide bonds. The summed E-state index contributed by atoms with van der Waals surface area (Å²) in [6.07, 6.45) is 0.730. The largest absolute Gasteiger partial charge is 0.493 e. The van der Waals surface area contributed by atoms with E-state index in [1.165, 1.54) is 0 Å². The summed E-state index contributed by atoms with van der Waals surface area (Å²) in [6, 6.07) is 19.6. The number of hydrogen-bond acceptors (Lipinski definition) is 6. The summed E-state index contributed by atoms with van der Waals surface area (Å²) in [5.41, 5.74) is 4.48. The van der Waals surface area contributed by atoms with Crippen molar-refractivity contribution >= 4 is 28.2 Å². The number of hydrogen-bond donors (Lipinski definition) is 2. The van der Waals surface area contributed by atoms with Crippen molar-refractivity contribution in [2.24, 2.45) is 0 Å². The number of aromatic amines is 1. The van der Waals surface area contributed by atoms with Crippen molar-refractivity contribution in [1.82, 2.24) is 15.2 Å². The highest BCUT2D eigenvalue weighted by molar-refractivity contribution is 7.80. The van der Waals surface area contributed by atoms with Crippen LogP contribution >= 0.6 is 12.2 Å². The first-order chi connectivity index (χ1) is 18.9. The van der Waals surface area contributed by atoms with Crippen molar-refractivity contribution in [3.8, 4) is 23.0 Å². The van der Waals surface area contributed by atoms with Crippen molar-refractivity contribution in [2.75, 3.05) is 27.6 Å². The van der Waals surface area contributed by atoms with Gasteiger partial charge in [-0.25, -0.2) is 0 Å². The summed E-state index contributed by atoms with van der Waals surface area (Å²) in [6.45, 7) is 3.64. The van der Waals surface area contributed by atoms with E-state index in [1.54, 1.807) is 14.2 Å². The molecule has 2 N–H and O–H groups in total. The number of aromatic nitrogens is 1. The van der Waals surface area contributed by atoms with Gasteiger partial charge in [-0.2, -0.15) is 0 Å². The number of H-pyrrole nitrogens is 1. The Morgan fingerprint density at radius 3 is 2.59 bits per heavy atom. The molecule has 0 bridgehead atoms. The Labute approximate surface area is 232 Å². The number of thiocarbonyl (C=S) groups is 1. The van der Waals surface area contributed by atoms with E-state index in [0.29, 0.717) is 47.6 Å². The van der Waals surface area contributed by atoms with Gasteiger partial charge in [-0.15, -0.1) is 0 Å². The molecule has 1 aliphatic rings. The Morgan fingerprint density at radius 2 is 1.77 bits per heavy atom. The average molecular weight is 546 g/mol. The smallest absolute Gasteiger partial charge is 0.253 e. The van der Waals surface area contributed by atoms with Gasteiger partial charge >= 0.3 is 0 Å². The monoisotopic (exact) mass is 545 g/mol. The number of ether oxygens (including phenoxy) is 4. The van der Waals surface area contributed by atoms with E-state index >= 15 is 0 Å². The molecule has 3 aromatic carbocycles. The van der Waals surface area contributed by atoms with Gasteiger partial charge in [0.1, 0.15) is 0 Å². The molecule has 5 rings (SSSR count). The quantitative estimate of drug-likeness (QED) is 0.293. The molecule has 0 atom stereocenters. The molecule has 202 valence electrons. The van der Waals surface area contributed by atoms with Crippen LogP contribution in [-0.4, -0.2) is 42.6 Å². The Kier molecular flexibility index (Phi) is 7.88. The number of rotatable bonds is 9. The second kappa shape index (κ2) is 11.7. The first-order valence-electron chi connectivity index (χ1n) is 12.7. The maximum atomic E-state index is 13.1. The van der Waals surface area contributed by atoms with Crippen LogP contribution in [0.5, 0.6) is 23.0 Å². The van der Waals surface area contributed by atoms with Gasteiger partial charge in [0.15, 0.2) is 28.1 Å². The Balaban J connectivity index is 1.35. The highest BCUT2D eigenvalue weighted by Crippen LogP contribution is 2.33. The number of benzene rings is 3. The molecule has 0 spiro atoms. The fourth-order valence-electron chi connectivity index (χ4n) is 4.67. The van der Waals surface area contributed by atoms with E-state index in [2.05, 4.69) is 10.3 Å². The van der Waals surface area contributed by atoms with Crippen molar-refractivity contribution < 1.29 is 18.9 Å². The third kappa shape index (κ3) is 5.93. The van der Waals surface area contributed by atoms with E-state index in [0.717, 1.165) is 39.8 Å². The van der Waals surface area contributed by atoms with Crippen LogP contribution in [-0.2, 0) is 19.5 Å². The predicted molar refractivity (Wildman–Crippen MR) is 155 cm³/mol. The molecule has 4 aromatic rings. The van der Waals surface area contributed by atoms with Crippen molar-refractivity contribution in [3.63, 3.8) is 0 Å². The number of nitrogens with one attached hydrogen (secondary N) is 2. The molecule has 1 aromatic heterocycles. The van der Waals surface area contributed by atoms with Gasteiger partial charge in [0, 0.05) is 18.7 Å². The van der Waals surface area contributed by atoms with Gasteiger partial charge in [0.25, 0.3) is 5.56 Å². The van der Waals surface area contributed by atoms with Crippen LogP contribution in [0.25, 0.3) is 10.9 Å². The minimum absolute atomic E-state index is 0.124. The molecule has 39 heavy (non-hydrogen) atoms. The second-order valence-corrected chi connectivity index (χ2v) is 9.76. The lowest BCUT2D eigenvalue weighted by atomic mass is 10.1. The number of fused-ring (bicyclic) bond motifs is 2. The first kappa shape index (κ1) is 26.4. The summed E-state index contributed by atoms with van der Waals surface area (Å²) in [5, 5.41) is 4.91. The summed E-state index contributed by atoms with van der Waals surface area (Å²) < 4.78 is 21.8. The van der Waals surface area contributed by atoms with Gasteiger partial charge < -0.3 is 34.1 Å². The minimum atomic E-state index is -0.124. The van der Waals surface area contributed by atoms with Crippen LogP contribution in [0.15, 0.2) is 65.5 Å². The molecule has 0 unspecified atom stereocenters. The maximum absolute atomic E-state index is 13.1. The zero-order valence-corrected chi connectivity index (χ0v) is 23.0. The lowest BCUT2D eigenvalue weighted by Gasteiger charge is -2.26. The molecular weight excluding hydrogens is 514 g/mol. The molecule has 0 saturated heterocycles. The van der Waals surface area contributed by atoms with Crippen molar-refractivity contribution in [3.05, 3.63) is 93.3 Å². The lowest BCUT2D eigenvalue weighted by molar-refractivity contribution is 0.174. The van der Waals surface area contributed by atoms with Crippen LogP contribution in [0.2, 0.25) is 0 Å². The number of para-hydroxylation sites is 1. The standard InChI is InChI=1S/C30H31N3O5S/c1-19-5-4-6-22-15-23(29(34)32-28(19)22)17-33(16-21-8-10-25-27(14-21)38-18-37-25)30(39)31-12-11-20-7-9-24(35-2)26(13-20)36-3/h4-10,13-15H,11-12,16-18H2,1-3H3,(H,31,39)(H,32,34). The number of pyridine rings is 1. The van der Waals surface area contributed by atoms with Crippen LogP contribution in [0.3, 0.4) is 0 Å². The first-order valence-corrected chi connectivity index (χ1v) is 13.1. The highest BCUT2D eigenvalue weighted by Gasteiger charge is 2.18. The van der Waals surface area contributed by atoms with E-state index in [1.807, 2.05) is 72.5 Å². The van der Waals surface area contributed by atoms with Crippen molar-refractivity contribution in [1.29, 1.82) is 0 Å². The van der Waals surface area contributed by atoms with Crippen LogP contribution < -0.4 is 29.8 Å². The SMILES string of the molecule is COc1ccc(CCNC(=S)N(Cc2ccc3c(c2)OCO3)Cc2cc3cccc(C)c3[nH]c2=O)cc1OC. The lowest BCUT2D eigenvalue weighted by Crippen LogP contribution is -2.40. The van der Waals surface area contributed by atoms with E-state index in [4.69, 9.17) is 31.2 Å². The Hall–Kier alpha value is -4.24. The van der Waals surface area contributed by atoms with Gasteiger partial charge in [-0.3, -0.25) is 4.79 Å². The van der Waals surface area contributed by atoms with E-state index < -0.39 is 0 Å². The topological polar surface area (TPSA) is 85.1 Å². The molecule has 0 saturated carbocycles. The van der Waals surface area contributed by atoms with Crippen LogP contribution in [0.4, 0.5) is 0 Å². The zero-order valence-electron chi connectivity index (χ0n) is 22.2. The van der Waals surface area contributed by atoms with Gasteiger partial charge in [0.05, 0.1) is 26.3 Å². The summed E-state index contributed by atoms with van der Waals surface area (Å²) in [4.78, 5) is 18.1. The Morgan fingerprint density at radius 1 is 0.974 bits per heavy atom. The zero-order chi connectivity index (χ0) is 27.4. The summed E-state index contributed by atoms with van der Waals surface area (Å²) in [5.74, 6) is 2.81. The normalized spacial score (nSPS) is 11.9. The fraction of sp³-hybridized carbons (Fsp3) is 0.267. The van der Waals surface area contributed by atoms with Crippen LogP contribution in [0.1, 0.15) is 22.3 Å². The second-order valence-electron chi connectivity index (χ2n) is 9.38. The predicted octanol–water partition coefficient (Wildman–Crippen LogP) is 4.70. The molecule has 2 heterocycles. The molecule has 8 nitrogen and oxygen atoms in total. The van der Waals surface area contributed by atoms with E-state index in [-0.39, 0.29) is 12.4 Å². The number of nitrogens with zero attached hydrogens (tertiary/aromatic N) is 1. The minimum Gasteiger partial charge on any atom is -0.493 e. The van der Waals surface area contributed by atoms with Gasteiger partial charge in [0.2, 0.25) is 6.79 Å². The van der Waals surface area contributed by atoms with Gasteiger partial charge in [-0.1, -0.05) is 30.3 Å². The average Bonchev–Trinajstić information content (AvgIpc) is 3.41. The molecule has 0 fully saturated rings. The van der Waals surface area contributed by atoms with Crippen LogP contribution in [0, 0.1) is 6.92 Å². The maximum Gasteiger partial charge on any atom is 0.253 e. The number of methoxy groups -OCH3 is 2. The summed E-state index contributed by atoms with van der Waals surface area (Å²) in [7, 11) is 3.24. The molecule has 1 aliphatic heterocycles. The summed E-state index contributed by atoms with van der Waals surface area (Å²) >= 11 is 5.84. The molecule has 0 aliphatic carbocycles. The highest BCUT2D eigenvalue weighted by atomic mass is 32.1. The molecule has 0 radical (unpaired) electrons. The Bertz CT molecular complexity index is 1570.